The molecule has 1 rings (SSSR count). The van der Waals surface area contributed by atoms with Gasteiger partial charge in [-0.1, -0.05) is 25.4 Å². The van der Waals surface area contributed by atoms with Gasteiger partial charge in [-0.25, -0.2) is 4.39 Å². The van der Waals surface area contributed by atoms with Gasteiger partial charge in [0.05, 0.1) is 10.7 Å². The maximum atomic E-state index is 13.3. The Hall–Kier alpha value is -0.800. The summed E-state index contributed by atoms with van der Waals surface area (Å²) in [6.45, 7) is 6.99. The molecule has 0 amide bonds. The number of rotatable bonds is 4. The minimum atomic E-state index is -0.252. The van der Waals surface area contributed by atoms with E-state index in [1.165, 1.54) is 6.07 Å². The molecule has 0 spiro atoms. The Bertz CT molecular complexity index is 378. The van der Waals surface area contributed by atoms with E-state index in [2.05, 4.69) is 5.32 Å². The van der Waals surface area contributed by atoms with Crippen LogP contribution in [0.15, 0.2) is 12.1 Å². The van der Waals surface area contributed by atoms with E-state index < -0.39 is 0 Å². The van der Waals surface area contributed by atoms with Crippen molar-refractivity contribution in [2.45, 2.75) is 20.8 Å². The summed E-state index contributed by atoms with van der Waals surface area (Å²) in [6.07, 6.45) is 0. The zero-order chi connectivity index (χ0) is 12.3. The van der Waals surface area contributed by atoms with Crippen molar-refractivity contribution in [3.63, 3.8) is 0 Å². The van der Waals surface area contributed by atoms with E-state index in [0.29, 0.717) is 29.4 Å². The summed E-state index contributed by atoms with van der Waals surface area (Å²) in [5.74, 6) is -0.252. The monoisotopic (exact) mass is 244 g/mol. The zero-order valence-corrected chi connectivity index (χ0v) is 10.7. The quantitative estimate of drug-likeness (QED) is 0.854. The van der Waals surface area contributed by atoms with Gasteiger partial charge in [0.1, 0.15) is 5.82 Å². The smallest absolute Gasteiger partial charge is 0.128 e. The second-order valence-electron chi connectivity index (χ2n) is 4.80. The van der Waals surface area contributed by atoms with E-state index in [4.69, 9.17) is 17.3 Å². The van der Waals surface area contributed by atoms with Crippen LogP contribution in [-0.4, -0.2) is 13.1 Å². The molecule has 0 fully saturated rings. The van der Waals surface area contributed by atoms with E-state index in [9.17, 15) is 4.39 Å². The molecule has 0 saturated heterocycles. The van der Waals surface area contributed by atoms with Crippen molar-refractivity contribution in [2.75, 3.05) is 18.4 Å². The molecule has 0 aliphatic rings. The molecule has 0 aliphatic carbocycles. The lowest BCUT2D eigenvalue weighted by Crippen LogP contribution is -2.31. The van der Waals surface area contributed by atoms with E-state index in [0.717, 1.165) is 0 Å². The Morgan fingerprint density at radius 1 is 1.44 bits per heavy atom. The molecule has 0 heterocycles. The predicted molar refractivity (Wildman–Crippen MR) is 67.5 cm³/mol. The highest BCUT2D eigenvalue weighted by Crippen LogP contribution is 2.26. The minimum Gasteiger partial charge on any atom is -0.383 e. The molecule has 1 aromatic carbocycles. The van der Waals surface area contributed by atoms with Crippen LogP contribution in [0.2, 0.25) is 5.02 Å². The van der Waals surface area contributed by atoms with Gasteiger partial charge < -0.3 is 11.1 Å². The van der Waals surface area contributed by atoms with Crippen LogP contribution in [0.1, 0.15) is 19.4 Å². The lowest BCUT2D eigenvalue weighted by Gasteiger charge is -2.23. The Kier molecular flexibility index (Phi) is 4.16. The summed E-state index contributed by atoms with van der Waals surface area (Å²) in [5, 5.41) is 3.65. The number of nitrogens with two attached hydrogens (primary N) is 1. The van der Waals surface area contributed by atoms with E-state index in [1.54, 1.807) is 13.0 Å². The molecule has 0 atom stereocenters. The molecule has 16 heavy (non-hydrogen) atoms. The summed E-state index contributed by atoms with van der Waals surface area (Å²) in [5.41, 5.74) is 6.75. The highest BCUT2D eigenvalue weighted by atomic mass is 35.5. The summed E-state index contributed by atoms with van der Waals surface area (Å²) in [6, 6.07) is 3.04. The number of hydrogen-bond donors (Lipinski definition) is 2. The third-order valence-electron chi connectivity index (χ3n) is 2.56. The molecule has 4 heteroatoms. The zero-order valence-electron chi connectivity index (χ0n) is 9.90. The molecular formula is C12H18ClFN2. The SMILES string of the molecule is Cc1cc(Cl)c(NCC(C)(C)CN)cc1F. The normalized spacial score (nSPS) is 11.6. The predicted octanol–water partition coefficient (Wildman–Crippen LogP) is 3.18. The van der Waals surface area contributed by atoms with Gasteiger partial charge in [-0.15, -0.1) is 0 Å². The Morgan fingerprint density at radius 2 is 2.06 bits per heavy atom. The van der Waals surface area contributed by atoms with Crippen molar-refractivity contribution in [2.24, 2.45) is 11.1 Å². The van der Waals surface area contributed by atoms with Gasteiger partial charge in [0.25, 0.3) is 0 Å². The van der Waals surface area contributed by atoms with Crippen molar-refractivity contribution in [3.05, 3.63) is 28.5 Å². The average Bonchev–Trinajstić information content (AvgIpc) is 2.22. The standard InChI is InChI=1S/C12H18ClFN2/c1-8-4-9(13)11(5-10(8)14)16-7-12(2,3)6-15/h4-5,16H,6-7,15H2,1-3H3. The number of nitrogens with one attached hydrogen (secondary N) is 1. The third kappa shape index (κ3) is 3.35. The first kappa shape index (κ1) is 13.3. The first-order valence-electron chi connectivity index (χ1n) is 5.25. The van der Waals surface area contributed by atoms with Crippen LogP contribution in [0.4, 0.5) is 10.1 Å². The number of aryl methyl sites for hydroxylation is 1. The number of halogens is 2. The molecule has 0 radical (unpaired) electrons. The number of hydrogen-bond acceptors (Lipinski definition) is 2. The van der Waals surface area contributed by atoms with Crippen LogP contribution in [0.25, 0.3) is 0 Å². The van der Waals surface area contributed by atoms with Crippen molar-refractivity contribution in [3.8, 4) is 0 Å². The Morgan fingerprint density at radius 3 is 2.62 bits per heavy atom. The van der Waals surface area contributed by atoms with Crippen LogP contribution in [-0.2, 0) is 0 Å². The lowest BCUT2D eigenvalue weighted by molar-refractivity contribution is 0.405. The second kappa shape index (κ2) is 5.02. The van der Waals surface area contributed by atoms with Crippen LogP contribution in [0, 0.1) is 18.2 Å². The molecule has 0 saturated carbocycles. The summed E-state index contributed by atoms with van der Waals surface area (Å²) in [7, 11) is 0. The van der Waals surface area contributed by atoms with Crippen molar-refractivity contribution in [1.82, 2.24) is 0 Å². The fourth-order valence-electron chi connectivity index (χ4n) is 1.19. The summed E-state index contributed by atoms with van der Waals surface area (Å²) in [4.78, 5) is 0. The molecule has 0 unspecified atom stereocenters. The largest absolute Gasteiger partial charge is 0.383 e. The molecule has 0 aromatic heterocycles. The Balaban J connectivity index is 2.79. The molecule has 3 N–H and O–H groups in total. The van der Waals surface area contributed by atoms with Gasteiger partial charge in [-0.3, -0.25) is 0 Å². The van der Waals surface area contributed by atoms with Gasteiger partial charge >= 0.3 is 0 Å². The summed E-state index contributed by atoms with van der Waals surface area (Å²) < 4.78 is 13.3. The maximum Gasteiger partial charge on any atom is 0.128 e. The van der Waals surface area contributed by atoms with Gasteiger partial charge in [0, 0.05) is 6.54 Å². The van der Waals surface area contributed by atoms with Gasteiger partial charge in [0.15, 0.2) is 0 Å². The first-order valence-corrected chi connectivity index (χ1v) is 5.63. The minimum absolute atomic E-state index is 0.0370. The molecule has 90 valence electrons. The highest BCUT2D eigenvalue weighted by molar-refractivity contribution is 6.33. The van der Waals surface area contributed by atoms with Crippen LogP contribution in [0.3, 0.4) is 0 Å². The second-order valence-corrected chi connectivity index (χ2v) is 5.21. The molecule has 0 aliphatic heterocycles. The van der Waals surface area contributed by atoms with Crippen molar-refractivity contribution >= 4 is 17.3 Å². The van der Waals surface area contributed by atoms with E-state index in [1.807, 2.05) is 13.8 Å². The van der Waals surface area contributed by atoms with E-state index >= 15 is 0 Å². The number of benzene rings is 1. The molecule has 1 aromatic rings. The van der Waals surface area contributed by atoms with Crippen LogP contribution < -0.4 is 11.1 Å². The number of anilines is 1. The van der Waals surface area contributed by atoms with Gasteiger partial charge in [-0.05, 0) is 36.6 Å². The topological polar surface area (TPSA) is 38.0 Å². The van der Waals surface area contributed by atoms with E-state index in [-0.39, 0.29) is 11.2 Å². The molecular weight excluding hydrogens is 227 g/mol. The maximum absolute atomic E-state index is 13.3. The van der Waals surface area contributed by atoms with Crippen LogP contribution >= 0.6 is 11.6 Å². The van der Waals surface area contributed by atoms with Gasteiger partial charge in [0.2, 0.25) is 0 Å². The molecule has 0 bridgehead atoms. The van der Waals surface area contributed by atoms with Crippen LogP contribution in [0.5, 0.6) is 0 Å². The highest BCUT2D eigenvalue weighted by Gasteiger charge is 2.16. The fraction of sp³-hybridized carbons (Fsp3) is 0.500. The average molecular weight is 245 g/mol. The Labute approximate surface area is 101 Å². The lowest BCUT2D eigenvalue weighted by atomic mass is 9.94. The van der Waals surface area contributed by atoms with Crippen molar-refractivity contribution < 1.29 is 4.39 Å². The third-order valence-corrected chi connectivity index (χ3v) is 2.87. The van der Waals surface area contributed by atoms with Gasteiger partial charge in [-0.2, -0.15) is 0 Å². The fourth-order valence-corrected chi connectivity index (χ4v) is 1.47. The van der Waals surface area contributed by atoms with Crippen molar-refractivity contribution in [1.29, 1.82) is 0 Å². The first-order chi connectivity index (χ1) is 7.35. The molecule has 2 nitrogen and oxygen atoms in total. The summed E-state index contributed by atoms with van der Waals surface area (Å²) >= 11 is 6.01.